The fourth-order valence-electron chi connectivity index (χ4n) is 0.969. The van der Waals surface area contributed by atoms with Crippen LogP contribution in [0.2, 0.25) is 0 Å². The molecule has 1 aromatic heterocycles. The predicted molar refractivity (Wildman–Crippen MR) is 56.5 cm³/mol. The first kappa shape index (κ1) is 10.3. The van der Waals surface area contributed by atoms with E-state index < -0.39 is 0 Å². The Kier molecular flexibility index (Phi) is 3.30. The molecule has 0 aromatic carbocycles. The van der Waals surface area contributed by atoms with Crippen molar-refractivity contribution >= 4 is 23.8 Å². The van der Waals surface area contributed by atoms with Crippen LogP contribution >= 0.6 is 0 Å². The van der Waals surface area contributed by atoms with E-state index in [4.69, 9.17) is 10.8 Å². The van der Waals surface area contributed by atoms with Crippen molar-refractivity contribution in [1.29, 1.82) is 0 Å². The van der Waals surface area contributed by atoms with Crippen molar-refractivity contribution in [3.8, 4) is 0 Å². The minimum absolute atomic E-state index is 0.147. The summed E-state index contributed by atoms with van der Waals surface area (Å²) >= 11 is 0. The number of anilines is 1. The van der Waals surface area contributed by atoms with Gasteiger partial charge in [-0.15, -0.1) is 0 Å². The molecule has 0 amide bonds. The van der Waals surface area contributed by atoms with Crippen LogP contribution in [0, 0.1) is 6.92 Å². The molecule has 0 bridgehead atoms. The zero-order valence-corrected chi connectivity index (χ0v) is 7.94. The predicted octanol–water partition coefficient (Wildman–Crippen LogP) is 0.705. The van der Waals surface area contributed by atoms with Crippen LogP contribution in [0.5, 0.6) is 0 Å². The van der Waals surface area contributed by atoms with E-state index >= 15 is 0 Å². The van der Waals surface area contributed by atoms with Crippen LogP contribution in [0.4, 0.5) is 11.5 Å². The molecule has 0 radical (unpaired) electrons. The summed E-state index contributed by atoms with van der Waals surface area (Å²) < 4.78 is 0. The van der Waals surface area contributed by atoms with E-state index in [9.17, 15) is 0 Å². The van der Waals surface area contributed by atoms with E-state index in [2.05, 4.69) is 21.5 Å². The van der Waals surface area contributed by atoms with Crippen LogP contribution in [0.1, 0.15) is 11.5 Å². The molecule has 0 aliphatic carbocycles. The van der Waals surface area contributed by atoms with E-state index in [1.807, 2.05) is 0 Å². The fraction of sp³-hybridized carbons (Fsp3) is 0.222. The van der Waals surface area contributed by atoms with Crippen molar-refractivity contribution in [3.63, 3.8) is 0 Å². The highest BCUT2D eigenvalue weighted by Gasteiger charge is 2.05. The number of hydrogen-bond donors (Lipinski definition) is 2. The number of nitrogens with zero attached hydrogens (tertiary/aromatic N) is 3. The summed E-state index contributed by atoms with van der Waals surface area (Å²) in [4.78, 5) is 12.0. The van der Waals surface area contributed by atoms with Gasteiger partial charge in [-0.2, -0.15) is 0 Å². The van der Waals surface area contributed by atoms with E-state index in [0.29, 0.717) is 23.0 Å². The molecular formula is C9H12N4O. The molecule has 0 aliphatic rings. The maximum Gasteiger partial charge on any atom is 0.179 e. The summed E-state index contributed by atoms with van der Waals surface area (Å²) in [5.74, 6) is 0.931. The molecule has 0 unspecified atom stereocenters. The SMILES string of the molecule is C=Cc1nc(C)nc(/N=C/CO)c1N. The second-order valence-electron chi connectivity index (χ2n) is 2.59. The van der Waals surface area contributed by atoms with Crippen LogP contribution in [-0.4, -0.2) is 27.9 Å². The summed E-state index contributed by atoms with van der Waals surface area (Å²) in [5, 5.41) is 8.56. The van der Waals surface area contributed by atoms with Crippen LogP contribution in [0.15, 0.2) is 11.6 Å². The van der Waals surface area contributed by atoms with Gasteiger partial charge in [-0.05, 0) is 13.0 Å². The first-order chi connectivity index (χ1) is 6.69. The highest BCUT2D eigenvalue weighted by atomic mass is 16.2. The third kappa shape index (κ3) is 2.14. The molecule has 74 valence electrons. The zero-order chi connectivity index (χ0) is 10.6. The Bertz CT molecular complexity index is 373. The van der Waals surface area contributed by atoms with Gasteiger partial charge in [0.1, 0.15) is 11.5 Å². The summed E-state index contributed by atoms with van der Waals surface area (Å²) in [5.41, 5.74) is 6.64. The normalized spacial score (nSPS) is 10.7. The first-order valence-corrected chi connectivity index (χ1v) is 4.09. The number of nitrogens with two attached hydrogens (primary N) is 1. The molecule has 5 heteroatoms. The molecule has 5 nitrogen and oxygen atoms in total. The van der Waals surface area contributed by atoms with Gasteiger partial charge in [0.25, 0.3) is 0 Å². The average Bonchev–Trinajstić information content (AvgIpc) is 2.18. The molecule has 3 N–H and O–H groups in total. The lowest BCUT2D eigenvalue weighted by Gasteiger charge is -2.03. The lowest BCUT2D eigenvalue weighted by Crippen LogP contribution is -1.99. The maximum absolute atomic E-state index is 8.56. The van der Waals surface area contributed by atoms with Crippen LogP contribution in [0.3, 0.4) is 0 Å². The Morgan fingerprint density at radius 3 is 2.86 bits per heavy atom. The average molecular weight is 192 g/mol. The van der Waals surface area contributed by atoms with Crippen molar-refractivity contribution < 1.29 is 5.11 Å². The second-order valence-corrected chi connectivity index (χ2v) is 2.59. The minimum atomic E-state index is -0.147. The lowest BCUT2D eigenvalue weighted by atomic mass is 10.3. The molecule has 0 saturated heterocycles. The Hall–Kier alpha value is -1.75. The van der Waals surface area contributed by atoms with Crippen molar-refractivity contribution in [1.82, 2.24) is 9.97 Å². The summed E-state index contributed by atoms with van der Waals surface area (Å²) in [6.07, 6.45) is 2.87. The molecule has 14 heavy (non-hydrogen) atoms. The number of aliphatic imine (C=N–C) groups is 1. The van der Waals surface area contributed by atoms with Crippen molar-refractivity contribution in [3.05, 3.63) is 18.1 Å². The second kappa shape index (κ2) is 4.48. The minimum Gasteiger partial charge on any atom is -0.394 e. The quantitative estimate of drug-likeness (QED) is 0.690. The van der Waals surface area contributed by atoms with Crippen molar-refractivity contribution in [2.45, 2.75) is 6.92 Å². The summed E-state index contributed by atoms with van der Waals surface area (Å²) in [6.45, 7) is 5.18. The Morgan fingerprint density at radius 1 is 1.57 bits per heavy atom. The maximum atomic E-state index is 8.56. The molecule has 0 aliphatic heterocycles. The molecule has 0 spiro atoms. The van der Waals surface area contributed by atoms with Gasteiger partial charge in [0.05, 0.1) is 12.3 Å². The first-order valence-electron chi connectivity index (χ1n) is 4.09. The third-order valence-corrected chi connectivity index (χ3v) is 1.56. The Morgan fingerprint density at radius 2 is 2.29 bits per heavy atom. The Balaban J connectivity index is 3.21. The number of aliphatic hydroxyl groups is 1. The number of hydrogen-bond acceptors (Lipinski definition) is 5. The van der Waals surface area contributed by atoms with Crippen molar-refractivity contribution in [2.24, 2.45) is 4.99 Å². The third-order valence-electron chi connectivity index (χ3n) is 1.56. The topological polar surface area (TPSA) is 84.4 Å². The monoisotopic (exact) mass is 192 g/mol. The summed E-state index contributed by atoms with van der Waals surface area (Å²) in [7, 11) is 0. The van der Waals surface area contributed by atoms with Gasteiger partial charge in [-0.3, -0.25) is 0 Å². The molecule has 1 rings (SSSR count). The standard InChI is InChI=1S/C9H12N4O/c1-3-7-8(10)9(11-4-5-14)13-6(2)12-7/h3-4,14H,1,5,10H2,2H3/b11-4+. The largest absolute Gasteiger partial charge is 0.394 e. The summed E-state index contributed by atoms with van der Waals surface area (Å²) in [6, 6.07) is 0. The molecule has 0 atom stereocenters. The van der Waals surface area contributed by atoms with E-state index in [0.717, 1.165) is 0 Å². The van der Waals surface area contributed by atoms with E-state index in [-0.39, 0.29) is 6.61 Å². The van der Waals surface area contributed by atoms with Gasteiger partial charge in [0.2, 0.25) is 0 Å². The number of aryl methyl sites for hydroxylation is 1. The molecular weight excluding hydrogens is 180 g/mol. The van der Waals surface area contributed by atoms with E-state index in [1.54, 1.807) is 13.0 Å². The van der Waals surface area contributed by atoms with Gasteiger partial charge in [-0.25, -0.2) is 15.0 Å². The zero-order valence-electron chi connectivity index (χ0n) is 7.94. The number of aliphatic hydroxyl groups excluding tert-OH is 1. The van der Waals surface area contributed by atoms with Crippen LogP contribution < -0.4 is 5.73 Å². The number of nitrogen functional groups attached to an aromatic ring is 1. The molecule has 0 saturated carbocycles. The van der Waals surface area contributed by atoms with E-state index in [1.165, 1.54) is 6.21 Å². The van der Waals surface area contributed by atoms with Gasteiger partial charge in [-0.1, -0.05) is 6.58 Å². The van der Waals surface area contributed by atoms with Crippen molar-refractivity contribution in [2.75, 3.05) is 12.3 Å². The van der Waals surface area contributed by atoms with Gasteiger partial charge in [0.15, 0.2) is 5.82 Å². The van der Waals surface area contributed by atoms with Crippen LogP contribution in [0.25, 0.3) is 6.08 Å². The molecule has 1 heterocycles. The van der Waals surface area contributed by atoms with Gasteiger partial charge >= 0.3 is 0 Å². The van der Waals surface area contributed by atoms with Crippen LogP contribution in [-0.2, 0) is 0 Å². The fourth-order valence-corrected chi connectivity index (χ4v) is 0.969. The smallest absolute Gasteiger partial charge is 0.179 e. The number of aromatic nitrogens is 2. The molecule has 0 fully saturated rings. The highest BCUT2D eigenvalue weighted by Crippen LogP contribution is 2.22. The van der Waals surface area contributed by atoms with Gasteiger partial charge in [0, 0.05) is 6.21 Å². The number of rotatable bonds is 3. The molecule has 1 aromatic rings. The highest BCUT2D eigenvalue weighted by molar-refractivity contribution is 5.74. The van der Waals surface area contributed by atoms with Gasteiger partial charge < -0.3 is 10.8 Å². The lowest BCUT2D eigenvalue weighted by molar-refractivity contribution is 0.361. The Labute approximate surface area is 82.0 Å².